The number of fused-ring (bicyclic) bond motifs is 2. The van der Waals surface area contributed by atoms with Crippen LogP contribution in [0.2, 0.25) is 0 Å². The van der Waals surface area contributed by atoms with Gasteiger partial charge in [0.2, 0.25) is 0 Å². The summed E-state index contributed by atoms with van der Waals surface area (Å²) in [5.41, 5.74) is 9.40. The van der Waals surface area contributed by atoms with Crippen molar-refractivity contribution in [2.75, 3.05) is 12.3 Å². The molecule has 0 bridgehead atoms. The number of ether oxygens (including phenoxy) is 1. The first-order valence-corrected chi connectivity index (χ1v) is 10.8. The number of amides is 1. The highest BCUT2D eigenvalue weighted by Gasteiger charge is 2.24. The van der Waals surface area contributed by atoms with E-state index < -0.39 is 0 Å². The van der Waals surface area contributed by atoms with E-state index >= 15 is 0 Å². The number of phenols is 1. The van der Waals surface area contributed by atoms with Gasteiger partial charge >= 0.3 is 0 Å². The van der Waals surface area contributed by atoms with Gasteiger partial charge < -0.3 is 20.9 Å². The summed E-state index contributed by atoms with van der Waals surface area (Å²) in [7, 11) is 0. The van der Waals surface area contributed by atoms with Crippen molar-refractivity contribution >= 4 is 40.1 Å². The van der Waals surface area contributed by atoms with Gasteiger partial charge in [-0.05, 0) is 56.2 Å². The molecule has 4 N–H and O–H groups in total. The van der Waals surface area contributed by atoms with Crippen LogP contribution in [0.15, 0.2) is 47.6 Å². The molecule has 0 spiro atoms. The van der Waals surface area contributed by atoms with Crippen LogP contribution in [0, 0.1) is 0 Å². The number of nitrogens with zero attached hydrogens (tertiary/aromatic N) is 4. The zero-order valence-corrected chi connectivity index (χ0v) is 18.7. The molecule has 9 heteroatoms. The first kappa shape index (κ1) is 22.1. The Hall–Kier alpha value is -4.14. The van der Waals surface area contributed by atoms with E-state index in [2.05, 4.69) is 20.4 Å². The number of nitrogens with two attached hydrogens (primary N) is 1. The predicted octanol–water partition coefficient (Wildman–Crippen LogP) is 3.68. The molecule has 2 aromatic heterocycles. The van der Waals surface area contributed by atoms with E-state index in [0.29, 0.717) is 40.1 Å². The number of phenolic OH excluding ortho intramolecular Hbond substituents is 1. The smallest absolute Gasteiger partial charge is 0.257 e. The lowest BCUT2D eigenvalue weighted by molar-refractivity contribution is 0.0941. The molecule has 0 fully saturated rings. The van der Waals surface area contributed by atoms with E-state index in [1.807, 2.05) is 45.0 Å². The van der Waals surface area contributed by atoms with Crippen LogP contribution >= 0.6 is 0 Å². The maximum atomic E-state index is 13.1. The van der Waals surface area contributed by atoms with E-state index in [-0.39, 0.29) is 29.1 Å². The molecule has 0 unspecified atom stereocenters. The third kappa shape index (κ3) is 4.30. The normalized spacial score (nSPS) is 12.5. The van der Waals surface area contributed by atoms with Crippen molar-refractivity contribution in [3.05, 3.63) is 53.6 Å². The van der Waals surface area contributed by atoms with Crippen LogP contribution in [0.4, 0.5) is 5.82 Å². The fraction of sp³-hybridized carbons (Fsp3) is 0.250. The Morgan fingerprint density at radius 3 is 2.67 bits per heavy atom. The second-order valence-corrected chi connectivity index (χ2v) is 7.64. The van der Waals surface area contributed by atoms with Gasteiger partial charge in [0.15, 0.2) is 17.1 Å². The molecule has 2 heterocycles. The molecule has 170 valence electrons. The van der Waals surface area contributed by atoms with E-state index in [1.54, 1.807) is 18.3 Å². The summed E-state index contributed by atoms with van der Waals surface area (Å²) in [6.07, 6.45) is 2.34. The van der Waals surface area contributed by atoms with Gasteiger partial charge in [0.1, 0.15) is 16.9 Å². The summed E-state index contributed by atoms with van der Waals surface area (Å²) in [6.45, 7) is 6.17. The summed E-state index contributed by atoms with van der Waals surface area (Å²) in [4.78, 5) is 22.4. The average molecular weight is 447 g/mol. The zero-order chi connectivity index (χ0) is 23.5. The van der Waals surface area contributed by atoms with Crippen LogP contribution in [0.3, 0.4) is 0 Å². The fourth-order valence-electron chi connectivity index (χ4n) is 3.39. The Bertz CT molecular complexity index is 1360. The van der Waals surface area contributed by atoms with Crippen LogP contribution < -0.4 is 15.8 Å². The Labute approximate surface area is 190 Å². The number of carbonyl (C=O) groups is 1. The van der Waals surface area contributed by atoms with Gasteiger partial charge in [-0.25, -0.2) is 9.97 Å². The van der Waals surface area contributed by atoms with Gasteiger partial charge in [-0.1, -0.05) is 19.1 Å². The third-order valence-corrected chi connectivity index (χ3v) is 5.30. The molecule has 1 amide bonds. The van der Waals surface area contributed by atoms with Gasteiger partial charge in [0.05, 0.1) is 23.9 Å². The Morgan fingerprint density at radius 1 is 1.24 bits per heavy atom. The summed E-state index contributed by atoms with van der Waals surface area (Å²) >= 11 is 0. The minimum Gasteiger partial charge on any atom is -0.504 e. The number of benzene rings is 2. The van der Waals surface area contributed by atoms with Crippen LogP contribution in [-0.4, -0.2) is 44.5 Å². The number of aromatic nitrogens is 3. The number of hydrogen-bond acceptors (Lipinski definition) is 7. The van der Waals surface area contributed by atoms with Crippen LogP contribution in [0.1, 0.15) is 43.1 Å². The highest BCUT2D eigenvalue weighted by Crippen LogP contribution is 2.29. The number of carbonyl (C=O) groups excluding carboxylic acids is 1. The number of para-hydroxylation sites is 2. The maximum Gasteiger partial charge on any atom is 0.257 e. The second kappa shape index (κ2) is 9.15. The van der Waals surface area contributed by atoms with E-state index in [4.69, 9.17) is 10.5 Å². The molecular formula is C24H26N6O3. The molecule has 0 saturated heterocycles. The lowest BCUT2D eigenvalue weighted by Crippen LogP contribution is -2.32. The monoisotopic (exact) mass is 446 g/mol. The standard InChI is InChI=1S/C24H26N6O3/c1-4-14(3)27-24(32)20-21-23(29-17-9-7-6-8-16(17)28-21)30(22(20)25)26-13-15-10-11-18(31)19(12-15)33-5-2/h6-14,31H,4-5,25H2,1-3H3,(H,27,32)/b26-13-/t14-/m0/s1. The summed E-state index contributed by atoms with van der Waals surface area (Å²) < 4.78 is 6.85. The maximum absolute atomic E-state index is 13.1. The Kier molecular flexibility index (Phi) is 6.12. The lowest BCUT2D eigenvalue weighted by atomic mass is 10.2. The first-order valence-electron chi connectivity index (χ1n) is 10.8. The van der Waals surface area contributed by atoms with E-state index in [1.165, 1.54) is 10.7 Å². The molecule has 0 aliphatic heterocycles. The highest BCUT2D eigenvalue weighted by atomic mass is 16.5. The quantitative estimate of drug-likeness (QED) is 0.372. The molecule has 4 aromatic rings. The molecule has 4 rings (SSSR count). The molecule has 33 heavy (non-hydrogen) atoms. The molecule has 2 aromatic carbocycles. The van der Waals surface area contributed by atoms with Crippen molar-refractivity contribution in [2.24, 2.45) is 5.10 Å². The molecule has 0 aliphatic carbocycles. The number of anilines is 1. The van der Waals surface area contributed by atoms with Crippen molar-refractivity contribution in [3.8, 4) is 11.5 Å². The van der Waals surface area contributed by atoms with Crippen molar-refractivity contribution in [1.82, 2.24) is 20.0 Å². The number of nitrogens with one attached hydrogen (secondary N) is 1. The predicted molar refractivity (Wildman–Crippen MR) is 129 cm³/mol. The molecule has 9 nitrogen and oxygen atoms in total. The van der Waals surface area contributed by atoms with Gasteiger partial charge in [-0.3, -0.25) is 4.79 Å². The third-order valence-electron chi connectivity index (χ3n) is 5.30. The Balaban J connectivity index is 1.86. The largest absolute Gasteiger partial charge is 0.504 e. The van der Waals surface area contributed by atoms with Crippen molar-refractivity contribution in [3.63, 3.8) is 0 Å². The summed E-state index contributed by atoms with van der Waals surface area (Å²) in [6, 6.07) is 12.3. The van der Waals surface area contributed by atoms with Gasteiger partial charge in [0, 0.05) is 6.04 Å². The molecule has 1 atom stereocenters. The van der Waals surface area contributed by atoms with Crippen LogP contribution in [0.5, 0.6) is 11.5 Å². The van der Waals surface area contributed by atoms with Crippen LogP contribution in [-0.2, 0) is 0 Å². The second-order valence-electron chi connectivity index (χ2n) is 7.64. The summed E-state index contributed by atoms with van der Waals surface area (Å²) in [5, 5.41) is 17.4. The van der Waals surface area contributed by atoms with E-state index in [0.717, 1.165) is 6.42 Å². The first-order chi connectivity index (χ1) is 15.9. The lowest BCUT2D eigenvalue weighted by Gasteiger charge is -2.11. The van der Waals surface area contributed by atoms with Crippen LogP contribution in [0.25, 0.3) is 22.2 Å². The van der Waals surface area contributed by atoms with Gasteiger partial charge in [-0.2, -0.15) is 9.78 Å². The number of hydrogen-bond donors (Lipinski definition) is 3. The van der Waals surface area contributed by atoms with Gasteiger partial charge in [0.25, 0.3) is 5.91 Å². The summed E-state index contributed by atoms with van der Waals surface area (Å²) in [5.74, 6) is 0.210. The Morgan fingerprint density at radius 2 is 1.97 bits per heavy atom. The number of nitrogen functional groups attached to an aromatic ring is 1. The van der Waals surface area contributed by atoms with E-state index in [9.17, 15) is 9.90 Å². The molecule has 0 radical (unpaired) electrons. The topological polar surface area (TPSA) is 128 Å². The molecular weight excluding hydrogens is 420 g/mol. The minimum absolute atomic E-state index is 0.0267. The number of rotatable bonds is 7. The molecule has 0 saturated carbocycles. The zero-order valence-electron chi connectivity index (χ0n) is 18.7. The fourth-order valence-corrected chi connectivity index (χ4v) is 3.39. The van der Waals surface area contributed by atoms with Crippen molar-refractivity contribution in [2.45, 2.75) is 33.2 Å². The highest BCUT2D eigenvalue weighted by molar-refractivity contribution is 6.10. The van der Waals surface area contributed by atoms with Crippen molar-refractivity contribution in [1.29, 1.82) is 0 Å². The van der Waals surface area contributed by atoms with Crippen molar-refractivity contribution < 1.29 is 14.6 Å². The minimum atomic E-state index is -0.325. The van der Waals surface area contributed by atoms with Gasteiger partial charge in [-0.15, -0.1) is 0 Å². The SMILES string of the molecule is CCOc1cc(/C=N\n2c(N)c(C(=O)N[C@@H](C)CC)c3nc4ccccc4nc32)ccc1O. The average Bonchev–Trinajstić information content (AvgIpc) is 3.08. The number of aromatic hydroxyl groups is 1. The molecule has 0 aliphatic rings.